The highest BCUT2D eigenvalue weighted by Crippen LogP contribution is 2.46. The van der Waals surface area contributed by atoms with Gasteiger partial charge in [-0.05, 0) is 91.7 Å². The van der Waals surface area contributed by atoms with Crippen molar-refractivity contribution in [2.24, 2.45) is 0 Å². The van der Waals surface area contributed by atoms with Crippen molar-refractivity contribution in [2.45, 2.75) is 19.3 Å². The summed E-state index contributed by atoms with van der Waals surface area (Å²) in [5.74, 6) is 0. The van der Waals surface area contributed by atoms with E-state index in [2.05, 4.69) is 154 Å². The molecule has 0 nitrogen and oxygen atoms in total. The fourth-order valence-electron chi connectivity index (χ4n) is 6.40. The van der Waals surface area contributed by atoms with Crippen LogP contribution in [-0.4, -0.2) is 0 Å². The standard InChI is InChI=1S/C39H30/c1-26(2)27-16-18-28(19-17-27)35-14-7-8-15-36(35)39(3,33-12-5-4-6-13-33)34-24-31-22-20-29-10-9-11-30-21-23-32(25-34)38(31)37(29)30/h4-25H,1H2,2-3H3. The maximum absolute atomic E-state index is 4.12. The first-order valence-corrected chi connectivity index (χ1v) is 13.6. The van der Waals surface area contributed by atoms with Gasteiger partial charge in [0.1, 0.15) is 0 Å². The van der Waals surface area contributed by atoms with Crippen LogP contribution < -0.4 is 0 Å². The summed E-state index contributed by atoms with van der Waals surface area (Å²) >= 11 is 0. The molecule has 0 spiro atoms. The van der Waals surface area contributed by atoms with E-state index < -0.39 is 0 Å². The molecule has 0 aromatic heterocycles. The first-order valence-electron chi connectivity index (χ1n) is 13.6. The molecule has 39 heavy (non-hydrogen) atoms. The molecule has 0 aliphatic heterocycles. The zero-order chi connectivity index (χ0) is 26.6. The second-order valence-electron chi connectivity index (χ2n) is 10.9. The Balaban J connectivity index is 1.52. The van der Waals surface area contributed by atoms with Crippen LogP contribution in [0.25, 0.3) is 49.0 Å². The largest absolute Gasteiger partial charge is 0.0955 e. The Morgan fingerprint density at radius 2 is 1.10 bits per heavy atom. The molecule has 7 aromatic carbocycles. The molecule has 0 heterocycles. The molecule has 0 heteroatoms. The summed E-state index contributed by atoms with van der Waals surface area (Å²) in [6.07, 6.45) is 0. The lowest BCUT2D eigenvalue weighted by Crippen LogP contribution is -2.26. The minimum atomic E-state index is -0.366. The predicted octanol–water partition coefficient (Wildman–Crippen LogP) is 10.6. The molecule has 0 saturated carbocycles. The fraction of sp³-hybridized carbons (Fsp3) is 0.0769. The lowest BCUT2D eigenvalue weighted by molar-refractivity contribution is 0.696. The van der Waals surface area contributed by atoms with E-state index in [0.717, 1.165) is 5.57 Å². The number of hydrogen-bond acceptors (Lipinski definition) is 0. The van der Waals surface area contributed by atoms with Crippen LogP contribution in [0.2, 0.25) is 0 Å². The maximum atomic E-state index is 4.12. The van der Waals surface area contributed by atoms with Crippen molar-refractivity contribution in [1.29, 1.82) is 0 Å². The molecule has 0 fully saturated rings. The van der Waals surface area contributed by atoms with Crippen LogP contribution >= 0.6 is 0 Å². The molecule has 0 amide bonds. The second kappa shape index (κ2) is 8.96. The smallest absolute Gasteiger partial charge is 0.0429 e. The van der Waals surface area contributed by atoms with Crippen LogP contribution in [0.3, 0.4) is 0 Å². The van der Waals surface area contributed by atoms with E-state index in [0.29, 0.717) is 0 Å². The Hall–Kier alpha value is -4.68. The summed E-state index contributed by atoms with van der Waals surface area (Å²) < 4.78 is 0. The minimum Gasteiger partial charge on any atom is -0.0955 e. The van der Waals surface area contributed by atoms with E-state index in [4.69, 9.17) is 0 Å². The second-order valence-corrected chi connectivity index (χ2v) is 10.9. The van der Waals surface area contributed by atoms with E-state index in [1.807, 2.05) is 0 Å². The van der Waals surface area contributed by atoms with E-state index in [-0.39, 0.29) is 5.41 Å². The van der Waals surface area contributed by atoms with E-state index >= 15 is 0 Å². The summed E-state index contributed by atoms with van der Waals surface area (Å²) in [6, 6.07) is 49.2. The average molecular weight is 499 g/mol. The Morgan fingerprint density at radius 3 is 1.74 bits per heavy atom. The predicted molar refractivity (Wildman–Crippen MR) is 169 cm³/mol. The number of rotatable bonds is 5. The monoisotopic (exact) mass is 498 g/mol. The van der Waals surface area contributed by atoms with Gasteiger partial charge >= 0.3 is 0 Å². The third kappa shape index (κ3) is 3.67. The van der Waals surface area contributed by atoms with Crippen molar-refractivity contribution < 1.29 is 0 Å². The average Bonchev–Trinajstić information content (AvgIpc) is 3.00. The fourth-order valence-corrected chi connectivity index (χ4v) is 6.40. The topological polar surface area (TPSA) is 0 Å². The maximum Gasteiger partial charge on any atom is 0.0429 e. The molecule has 7 aromatic rings. The first-order chi connectivity index (χ1) is 19.0. The van der Waals surface area contributed by atoms with Gasteiger partial charge in [-0.15, -0.1) is 0 Å². The van der Waals surface area contributed by atoms with Gasteiger partial charge in [0.2, 0.25) is 0 Å². The van der Waals surface area contributed by atoms with Crippen LogP contribution in [-0.2, 0) is 5.41 Å². The van der Waals surface area contributed by atoms with E-state index in [9.17, 15) is 0 Å². The number of hydrogen-bond donors (Lipinski definition) is 0. The van der Waals surface area contributed by atoms with Crippen molar-refractivity contribution in [1.82, 2.24) is 0 Å². The molecule has 0 radical (unpaired) electrons. The highest BCUT2D eigenvalue weighted by molar-refractivity contribution is 6.23. The van der Waals surface area contributed by atoms with Gasteiger partial charge in [0.05, 0.1) is 0 Å². The zero-order valence-corrected chi connectivity index (χ0v) is 22.4. The van der Waals surface area contributed by atoms with Crippen molar-refractivity contribution in [3.05, 3.63) is 162 Å². The van der Waals surface area contributed by atoms with Crippen LogP contribution in [0.4, 0.5) is 0 Å². The van der Waals surface area contributed by atoms with Gasteiger partial charge in [-0.25, -0.2) is 0 Å². The summed E-state index contributed by atoms with van der Waals surface area (Å²) in [4.78, 5) is 0. The molecule has 186 valence electrons. The highest BCUT2D eigenvalue weighted by atomic mass is 14.4. The molecule has 7 rings (SSSR count). The number of allylic oxidation sites excluding steroid dienone is 1. The van der Waals surface area contributed by atoms with Gasteiger partial charge in [-0.3, -0.25) is 0 Å². The van der Waals surface area contributed by atoms with Gasteiger partial charge in [0.15, 0.2) is 0 Å². The molecule has 1 unspecified atom stereocenters. The lowest BCUT2D eigenvalue weighted by Gasteiger charge is -2.34. The normalized spacial score (nSPS) is 13.2. The molecule has 0 aliphatic rings. The molecular weight excluding hydrogens is 468 g/mol. The van der Waals surface area contributed by atoms with Crippen LogP contribution in [0, 0.1) is 0 Å². The van der Waals surface area contributed by atoms with Crippen LogP contribution in [0.15, 0.2) is 140 Å². The number of benzene rings is 7. The Bertz CT molecular complexity index is 1910. The summed E-state index contributed by atoms with van der Waals surface area (Å²) in [6.45, 7) is 8.57. The summed E-state index contributed by atoms with van der Waals surface area (Å²) in [5.41, 5.74) is 8.24. The molecular formula is C39H30. The van der Waals surface area contributed by atoms with Crippen molar-refractivity contribution in [3.8, 4) is 11.1 Å². The third-order valence-electron chi connectivity index (χ3n) is 8.55. The zero-order valence-electron chi connectivity index (χ0n) is 22.4. The molecule has 0 bridgehead atoms. The van der Waals surface area contributed by atoms with E-state index in [1.54, 1.807) is 0 Å². The molecule has 0 N–H and O–H groups in total. The van der Waals surface area contributed by atoms with Gasteiger partial charge in [0, 0.05) is 5.41 Å². The minimum absolute atomic E-state index is 0.366. The van der Waals surface area contributed by atoms with Crippen LogP contribution in [0.5, 0.6) is 0 Å². The van der Waals surface area contributed by atoms with Crippen molar-refractivity contribution >= 4 is 37.9 Å². The summed E-state index contributed by atoms with van der Waals surface area (Å²) in [5, 5.41) is 7.89. The third-order valence-corrected chi connectivity index (χ3v) is 8.55. The molecule has 0 saturated heterocycles. The quantitative estimate of drug-likeness (QED) is 0.163. The molecule has 1 atom stereocenters. The SMILES string of the molecule is C=C(C)c1ccc(-c2ccccc2C(C)(c2ccccc2)c2cc3ccc4cccc5ccc(c2)c3c45)cc1. The van der Waals surface area contributed by atoms with Gasteiger partial charge in [-0.1, -0.05) is 133 Å². The van der Waals surface area contributed by atoms with E-state index in [1.165, 1.54) is 65.7 Å². The Kier molecular flexibility index (Phi) is 5.39. The van der Waals surface area contributed by atoms with Gasteiger partial charge in [0.25, 0.3) is 0 Å². The van der Waals surface area contributed by atoms with Gasteiger partial charge < -0.3 is 0 Å². The lowest BCUT2D eigenvalue weighted by atomic mass is 9.68. The first kappa shape index (κ1) is 23.4. The molecule has 0 aliphatic carbocycles. The summed E-state index contributed by atoms with van der Waals surface area (Å²) in [7, 11) is 0. The Labute approximate surface area is 230 Å². The Morgan fingerprint density at radius 1 is 0.538 bits per heavy atom. The highest BCUT2D eigenvalue weighted by Gasteiger charge is 2.34. The van der Waals surface area contributed by atoms with Crippen molar-refractivity contribution in [2.75, 3.05) is 0 Å². The van der Waals surface area contributed by atoms with Crippen LogP contribution in [0.1, 0.15) is 36.1 Å². The van der Waals surface area contributed by atoms with Crippen molar-refractivity contribution in [3.63, 3.8) is 0 Å². The van der Waals surface area contributed by atoms with Gasteiger partial charge in [-0.2, -0.15) is 0 Å².